The minimum absolute atomic E-state index is 0. The number of nitrogens with zero attached hydrogens (tertiary/aromatic N) is 2. The summed E-state index contributed by atoms with van der Waals surface area (Å²) in [6.07, 6.45) is 3.55. The van der Waals surface area contributed by atoms with E-state index >= 15 is 0 Å². The Balaban J connectivity index is 0.00000420. The third-order valence-corrected chi connectivity index (χ3v) is 5.40. The van der Waals surface area contributed by atoms with Gasteiger partial charge in [0.15, 0.2) is 5.96 Å². The number of pyridine rings is 1. The molecule has 0 aliphatic carbocycles. The lowest BCUT2D eigenvalue weighted by Gasteiger charge is -2.12. The number of aromatic nitrogens is 1. The molecule has 2 aromatic rings. The number of sulfonamides is 1. The van der Waals surface area contributed by atoms with Crippen LogP contribution in [0.4, 0.5) is 4.39 Å². The summed E-state index contributed by atoms with van der Waals surface area (Å²) in [4.78, 5) is 8.31. The summed E-state index contributed by atoms with van der Waals surface area (Å²) in [5.74, 6) is 0.362. The van der Waals surface area contributed by atoms with Crippen LogP contribution in [0.1, 0.15) is 18.1 Å². The van der Waals surface area contributed by atoms with E-state index in [0.29, 0.717) is 19.0 Å². The number of hydrogen-bond acceptors (Lipinski definition) is 4. The van der Waals surface area contributed by atoms with E-state index in [0.717, 1.165) is 17.5 Å². The molecule has 2 rings (SSSR count). The molecular formula is C19H27FIN5O2S. The Bertz CT molecular complexity index is 895. The van der Waals surface area contributed by atoms with Crippen LogP contribution in [0, 0.1) is 12.7 Å². The minimum atomic E-state index is -3.58. The first-order valence-corrected chi connectivity index (χ1v) is 10.6. The third-order valence-electron chi connectivity index (χ3n) is 3.95. The summed E-state index contributed by atoms with van der Waals surface area (Å²) in [6.45, 7) is 5.59. The van der Waals surface area contributed by atoms with E-state index in [-0.39, 0.29) is 47.8 Å². The summed E-state index contributed by atoms with van der Waals surface area (Å²) in [7, 11) is -3.58. The van der Waals surface area contributed by atoms with Crippen molar-refractivity contribution in [3.63, 3.8) is 0 Å². The van der Waals surface area contributed by atoms with Crippen LogP contribution in [-0.2, 0) is 16.4 Å². The molecular weight excluding hydrogens is 508 g/mol. The molecule has 29 heavy (non-hydrogen) atoms. The van der Waals surface area contributed by atoms with Crippen LogP contribution < -0.4 is 15.4 Å². The minimum Gasteiger partial charge on any atom is -0.357 e. The van der Waals surface area contributed by atoms with Gasteiger partial charge in [0.25, 0.3) is 0 Å². The molecule has 0 bridgehead atoms. The highest BCUT2D eigenvalue weighted by Crippen LogP contribution is 2.10. The molecule has 0 fully saturated rings. The van der Waals surface area contributed by atoms with Crippen LogP contribution in [0.2, 0.25) is 0 Å². The molecule has 0 spiro atoms. The Kier molecular flexibility index (Phi) is 11.1. The maximum atomic E-state index is 13.2. The van der Waals surface area contributed by atoms with E-state index in [9.17, 15) is 12.8 Å². The summed E-state index contributed by atoms with van der Waals surface area (Å²) in [5.41, 5.74) is 1.97. The standard InChI is InChI=1S/C19H26FN5O2S.HI/c1-3-22-19(23-10-8-16-6-7-17(20)13-15(16)2)24-11-12-25-28(26,27)18-5-4-9-21-14-18;/h4-7,9,13-14,25H,3,8,10-12H2,1-2H3,(H2,22,23,24);1H. The Hall–Kier alpha value is -1.79. The fourth-order valence-electron chi connectivity index (χ4n) is 2.53. The second-order valence-corrected chi connectivity index (χ2v) is 7.86. The van der Waals surface area contributed by atoms with Crippen molar-refractivity contribution in [3.8, 4) is 0 Å². The molecule has 0 aliphatic rings. The van der Waals surface area contributed by atoms with Gasteiger partial charge in [-0.25, -0.2) is 17.5 Å². The van der Waals surface area contributed by atoms with Gasteiger partial charge in [0.1, 0.15) is 10.7 Å². The fraction of sp³-hybridized carbons (Fsp3) is 0.368. The molecule has 1 aromatic heterocycles. The number of hydrogen-bond donors (Lipinski definition) is 3. The van der Waals surface area contributed by atoms with Gasteiger partial charge in [0, 0.05) is 32.0 Å². The number of benzene rings is 1. The molecule has 0 amide bonds. The lowest BCUT2D eigenvalue weighted by atomic mass is 10.1. The van der Waals surface area contributed by atoms with Gasteiger partial charge in [0.05, 0.1) is 6.54 Å². The number of aliphatic imine (C=N–C) groups is 1. The van der Waals surface area contributed by atoms with Gasteiger partial charge in [0.2, 0.25) is 10.0 Å². The smallest absolute Gasteiger partial charge is 0.242 e. The van der Waals surface area contributed by atoms with Crippen LogP contribution in [0.3, 0.4) is 0 Å². The van der Waals surface area contributed by atoms with Gasteiger partial charge in [-0.15, -0.1) is 24.0 Å². The van der Waals surface area contributed by atoms with Crippen LogP contribution in [-0.4, -0.2) is 45.5 Å². The Morgan fingerprint density at radius 1 is 1.21 bits per heavy atom. The normalized spacial score (nSPS) is 11.6. The van der Waals surface area contributed by atoms with E-state index in [1.807, 2.05) is 13.8 Å². The lowest BCUT2D eigenvalue weighted by molar-refractivity contribution is 0.581. The van der Waals surface area contributed by atoms with Gasteiger partial charge in [-0.3, -0.25) is 9.98 Å². The van der Waals surface area contributed by atoms with E-state index in [2.05, 4.69) is 25.3 Å². The first-order chi connectivity index (χ1) is 13.4. The highest BCUT2D eigenvalue weighted by molar-refractivity contribution is 14.0. The van der Waals surface area contributed by atoms with Crippen molar-refractivity contribution in [2.24, 2.45) is 4.99 Å². The van der Waals surface area contributed by atoms with Crippen molar-refractivity contribution in [1.29, 1.82) is 0 Å². The summed E-state index contributed by atoms with van der Waals surface area (Å²) in [5, 5.41) is 6.31. The Morgan fingerprint density at radius 3 is 2.66 bits per heavy atom. The van der Waals surface area contributed by atoms with Crippen LogP contribution in [0.15, 0.2) is 52.6 Å². The Morgan fingerprint density at radius 2 is 2.00 bits per heavy atom. The first kappa shape index (κ1) is 25.2. The maximum absolute atomic E-state index is 13.2. The van der Waals surface area contributed by atoms with E-state index in [4.69, 9.17) is 0 Å². The fourth-order valence-corrected chi connectivity index (χ4v) is 3.52. The van der Waals surface area contributed by atoms with Gasteiger partial charge >= 0.3 is 0 Å². The molecule has 0 aliphatic heterocycles. The third kappa shape index (κ3) is 8.62. The molecule has 3 N–H and O–H groups in total. The molecule has 1 heterocycles. The predicted octanol–water partition coefficient (Wildman–Crippen LogP) is 2.22. The molecule has 0 atom stereocenters. The zero-order valence-corrected chi connectivity index (χ0v) is 19.6. The zero-order valence-electron chi connectivity index (χ0n) is 16.5. The number of aryl methyl sites for hydroxylation is 1. The second kappa shape index (κ2) is 12.7. The van der Waals surface area contributed by atoms with E-state index in [1.165, 1.54) is 30.6 Å². The largest absolute Gasteiger partial charge is 0.357 e. The second-order valence-electron chi connectivity index (χ2n) is 6.09. The molecule has 0 saturated carbocycles. The molecule has 7 nitrogen and oxygen atoms in total. The van der Waals surface area contributed by atoms with Crippen molar-refractivity contribution in [3.05, 3.63) is 59.7 Å². The van der Waals surface area contributed by atoms with Gasteiger partial charge < -0.3 is 10.6 Å². The number of halogens is 2. The topological polar surface area (TPSA) is 95.5 Å². The molecule has 0 radical (unpaired) electrons. The highest BCUT2D eigenvalue weighted by atomic mass is 127. The zero-order chi connectivity index (χ0) is 20.4. The summed E-state index contributed by atoms with van der Waals surface area (Å²) in [6, 6.07) is 7.81. The number of guanidine groups is 1. The lowest BCUT2D eigenvalue weighted by Crippen LogP contribution is -2.39. The van der Waals surface area contributed by atoms with Gasteiger partial charge in [-0.1, -0.05) is 6.07 Å². The number of rotatable bonds is 9. The van der Waals surface area contributed by atoms with Crippen molar-refractivity contribution >= 4 is 40.0 Å². The summed E-state index contributed by atoms with van der Waals surface area (Å²) < 4.78 is 39.9. The van der Waals surface area contributed by atoms with Crippen molar-refractivity contribution in [2.45, 2.75) is 25.2 Å². The molecule has 10 heteroatoms. The van der Waals surface area contributed by atoms with Crippen molar-refractivity contribution < 1.29 is 12.8 Å². The van der Waals surface area contributed by atoms with E-state index < -0.39 is 10.0 Å². The molecule has 0 unspecified atom stereocenters. The van der Waals surface area contributed by atoms with Crippen molar-refractivity contribution in [1.82, 2.24) is 20.3 Å². The Labute approximate surface area is 188 Å². The highest BCUT2D eigenvalue weighted by Gasteiger charge is 2.12. The molecule has 0 saturated heterocycles. The average Bonchev–Trinajstić information content (AvgIpc) is 2.67. The van der Waals surface area contributed by atoms with Gasteiger partial charge in [-0.05, 0) is 55.7 Å². The monoisotopic (exact) mass is 535 g/mol. The molecule has 160 valence electrons. The van der Waals surface area contributed by atoms with Crippen LogP contribution in [0.25, 0.3) is 0 Å². The van der Waals surface area contributed by atoms with Crippen molar-refractivity contribution in [2.75, 3.05) is 26.2 Å². The quantitative estimate of drug-likeness (QED) is 0.198. The first-order valence-electron chi connectivity index (χ1n) is 9.09. The van der Waals surface area contributed by atoms with Gasteiger partial charge in [-0.2, -0.15) is 0 Å². The SMILES string of the molecule is CCNC(=NCCNS(=O)(=O)c1cccnc1)NCCc1ccc(F)cc1C.I. The van der Waals surface area contributed by atoms with E-state index in [1.54, 1.807) is 12.1 Å². The van der Waals surface area contributed by atoms with Crippen LogP contribution in [0.5, 0.6) is 0 Å². The predicted molar refractivity (Wildman–Crippen MR) is 124 cm³/mol. The summed E-state index contributed by atoms with van der Waals surface area (Å²) >= 11 is 0. The van der Waals surface area contributed by atoms with Crippen LogP contribution >= 0.6 is 24.0 Å². The molecule has 1 aromatic carbocycles. The maximum Gasteiger partial charge on any atom is 0.242 e. The average molecular weight is 535 g/mol. The number of nitrogens with one attached hydrogen (secondary N) is 3.